The molecule has 2 amide bonds. The Bertz CT molecular complexity index is 317. The number of rotatable bonds is 5. The molecule has 0 spiro atoms. The highest BCUT2D eigenvalue weighted by molar-refractivity contribution is 5.87. The number of nitrogens with one attached hydrogen (secondary N) is 1. The highest BCUT2D eigenvalue weighted by atomic mass is 16.4. The van der Waals surface area contributed by atoms with Crippen LogP contribution in [-0.2, 0) is 14.4 Å². The Balaban J connectivity index is 2.32. The summed E-state index contributed by atoms with van der Waals surface area (Å²) in [5.41, 5.74) is 0. The summed E-state index contributed by atoms with van der Waals surface area (Å²) in [5.74, 6) is -1.14. The molecule has 1 aliphatic heterocycles. The van der Waals surface area contributed by atoms with Crippen molar-refractivity contribution in [2.24, 2.45) is 0 Å². The molecule has 0 aromatic heterocycles. The van der Waals surface area contributed by atoms with Gasteiger partial charge in [0.05, 0.1) is 0 Å². The van der Waals surface area contributed by atoms with Crippen LogP contribution < -0.4 is 5.32 Å². The number of hydrogen-bond donors (Lipinski definition) is 2. The molecule has 1 rings (SSSR count). The molecule has 1 heterocycles. The molecule has 0 bridgehead atoms. The number of hydrogen-bond acceptors (Lipinski definition) is 3. The van der Waals surface area contributed by atoms with Gasteiger partial charge in [0.1, 0.15) is 6.04 Å². The number of amides is 2. The van der Waals surface area contributed by atoms with Gasteiger partial charge in [-0.2, -0.15) is 0 Å². The zero-order valence-corrected chi connectivity index (χ0v) is 9.94. The fourth-order valence-corrected chi connectivity index (χ4v) is 1.99. The van der Waals surface area contributed by atoms with E-state index in [1.165, 1.54) is 6.92 Å². The van der Waals surface area contributed by atoms with Gasteiger partial charge in [0.2, 0.25) is 11.8 Å². The van der Waals surface area contributed by atoms with Crippen LogP contribution in [0.4, 0.5) is 0 Å². The van der Waals surface area contributed by atoms with E-state index in [0.717, 1.165) is 6.42 Å². The van der Waals surface area contributed by atoms with Crippen LogP contribution >= 0.6 is 0 Å². The van der Waals surface area contributed by atoms with Gasteiger partial charge in [-0.3, -0.25) is 14.4 Å². The van der Waals surface area contributed by atoms with Crippen molar-refractivity contribution in [1.29, 1.82) is 0 Å². The van der Waals surface area contributed by atoms with E-state index in [9.17, 15) is 14.4 Å². The summed E-state index contributed by atoms with van der Waals surface area (Å²) in [6.45, 7) is 2.42. The molecule has 1 fully saturated rings. The van der Waals surface area contributed by atoms with Crippen molar-refractivity contribution in [3.05, 3.63) is 0 Å². The Morgan fingerprint density at radius 2 is 2.12 bits per heavy atom. The molecule has 6 heteroatoms. The number of likely N-dealkylation sites (tertiary alicyclic amines) is 1. The second-order valence-electron chi connectivity index (χ2n) is 4.16. The SMILES string of the molecule is CC(=O)N1CCCC1C(=O)NCCCC(=O)O. The van der Waals surface area contributed by atoms with Crippen molar-refractivity contribution >= 4 is 17.8 Å². The molecule has 0 aliphatic carbocycles. The molecular weight excluding hydrogens is 224 g/mol. The monoisotopic (exact) mass is 242 g/mol. The highest BCUT2D eigenvalue weighted by Gasteiger charge is 2.31. The summed E-state index contributed by atoms with van der Waals surface area (Å²) in [5, 5.41) is 11.1. The minimum atomic E-state index is -0.870. The van der Waals surface area contributed by atoms with Crippen LogP contribution in [0.3, 0.4) is 0 Å². The van der Waals surface area contributed by atoms with E-state index in [0.29, 0.717) is 25.9 Å². The van der Waals surface area contributed by atoms with Crippen LogP contribution in [0.15, 0.2) is 0 Å². The van der Waals surface area contributed by atoms with Gasteiger partial charge in [-0.25, -0.2) is 0 Å². The maximum Gasteiger partial charge on any atom is 0.303 e. The van der Waals surface area contributed by atoms with Crippen molar-refractivity contribution in [1.82, 2.24) is 10.2 Å². The summed E-state index contributed by atoms with van der Waals surface area (Å²) >= 11 is 0. The Hall–Kier alpha value is -1.59. The summed E-state index contributed by atoms with van der Waals surface area (Å²) < 4.78 is 0. The van der Waals surface area contributed by atoms with E-state index in [-0.39, 0.29) is 24.3 Å². The second-order valence-corrected chi connectivity index (χ2v) is 4.16. The Morgan fingerprint density at radius 3 is 2.71 bits per heavy atom. The minimum Gasteiger partial charge on any atom is -0.481 e. The van der Waals surface area contributed by atoms with Crippen LogP contribution in [0.2, 0.25) is 0 Å². The molecule has 1 aliphatic rings. The number of nitrogens with zero attached hydrogens (tertiary/aromatic N) is 1. The maximum absolute atomic E-state index is 11.8. The van der Waals surface area contributed by atoms with Crippen molar-refractivity contribution in [2.75, 3.05) is 13.1 Å². The van der Waals surface area contributed by atoms with E-state index < -0.39 is 5.97 Å². The minimum absolute atomic E-state index is 0.0430. The lowest BCUT2D eigenvalue weighted by molar-refractivity contribution is -0.137. The summed E-state index contributed by atoms with van der Waals surface area (Å²) in [6, 6.07) is -0.377. The van der Waals surface area contributed by atoms with Gasteiger partial charge in [0, 0.05) is 26.4 Å². The average Bonchev–Trinajstić information content (AvgIpc) is 2.72. The fourth-order valence-electron chi connectivity index (χ4n) is 1.99. The molecule has 17 heavy (non-hydrogen) atoms. The molecule has 0 aromatic carbocycles. The molecule has 6 nitrogen and oxygen atoms in total. The standard InChI is InChI=1S/C11H18N2O4/c1-8(14)13-7-3-4-9(13)11(17)12-6-2-5-10(15)16/h9H,2-7H2,1H3,(H,12,17)(H,15,16). The molecule has 0 radical (unpaired) electrons. The Kier molecular flexibility index (Phi) is 4.93. The fraction of sp³-hybridized carbons (Fsp3) is 0.727. The van der Waals surface area contributed by atoms with Gasteiger partial charge in [-0.05, 0) is 19.3 Å². The first-order valence-corrected chi connectivity index (χ1v) is 5.79. The lowest BCUT2D eigenvalue weighted by Gasteiger charge is -2.22. The molecular formula is C11H18N2O4. The third-order valence-corrected chi connectivity index (χ3v) is 2.83. The molecule has 1 atom stereocenters. The van der Waals surface area contributed by atoms with Crippen molar-refractivity contribution < 1.29 is 19.5 Å². The first-order valence-electron chi connectivity index (χ1n) is 5.79. The highest BCUT2D eigenvalue weighted by Crippen LogP contribution is 2.17. The van der Waals surface area contributed by atoms with Crippen molar-refractivity contribution in [3.63, 3.8) is 0 Å². The summed E-state index contributed by atoms with van der Waals surface area (Å²) in [6.07, 6.45) is 1.98. The second kappa shape index (κ2) is 6.22. The van der Waals surface area contributed by atoms with Gasteiger partial charge >= 0.3 is 5.97 Å². The van der Waals surface area contributed by atoms with E-state index in [1.54, 1.807) is 4.90 Å². The van der Waals surface area contributed by atoms with Gasteiger partial charge < -0.3 is 15.3 Å². The smallest absolute Gasteiger partial charge is 0.303 e. The molecule has 0 saturated carbocycles. The summed E-state index contributed by atoms with van der Waals surface area (Å²) in [7, 11) is 0. The number of aliphatic carboxylic acids is 1. The van der Waals surface area contributed by atoms with Crippen LogP contribution in [0, 0.1) is 0 Å². The third-order valence-electron chi connectivity index (χ3n) is 2.83. The van der Waals surface area contributed by atoms with Gasteiger partial charge in [0.15, 0.2) is 0 Å². The van der Waals surface area contributed by atoms with Crippen LogP contribution in [0.25, 0.3) is 0 Å². The first kappa shape index (κ1) is 13.5. The number of carbonyl (C=O) groups is 3. The zero-order valence-electron chi connectivity index (χ0n) is 9.94. The molecule has 0 aromatic rings. The molecule has 1 unspecified atom stereocenters. The van der Waals surface area contributed by atoms with Crippen LogP contribution in [0.1, 0.15) is 32.6 Å². The van der Waals surface area contributed by atoms with Gasteiger partial charge in [0.25, 0.3) is 0 Å². The third kappa shape index (κ3) is 4.05. The lowest BCUT2D eigenvalue weighted by atomic mass is 10.2. The van der Waals surface area contributed by atoms with E-state index in [2.05, 4.69) is 5.32 Å². The van der Waals surface area contributed by atoms with Crippen molar-refractivity contribution in [3.8, 4) is 0 Å². The zero-order chi connectivity index (χ0) is 12.8. The lowest BCUT2D eigenvalue weighted by Crippen LogP contribution is -2.45. The Labute approximate surface area is 100.0 Å². The average molecular weight is 242 g/mol. The van der Waals surface area contributed by atoms with E-state index >= 15 is 0 Å². The van der Waals surface area contributed by atoms with Crippen LogP contribution in [-0.4, -0.2) is 46.9 Å². The number of carbonyl (C=O) groups excluding carboxylic acids is 2. The number of carboxylic acids is 1. The molecule has 96 valence electrons. The van der Waals surface area contributed by atoms with Gasteiger partial charge in [-0.1, -0.05) is 0 Å². The molecule has 2 N–H and O–H groups in total. The van der Waals surface area contributed by atoms with E-state index in [1.807, 2.05) is 0 Å². The predicted molar refractivity (Wildman–Crippen MR) is 60.3 cm³/mol. The summed E-state index contributed by atoms with van der Waals surface area (Å²) in [4.78, 5) is 34.8. The predicted octanol–water partition coefficient (Wildman–Crippen LogP) is -0.0217. The quantitative estimate of drug-likeness (QED) is 0.663. The van der Waals surface area contributed by atoms with Crippen molar-refractivity contribution in [2.45, 2.75) is 38.6 Å². The van der Waals surface area contributed by atoms with Gasteiger partial charge in [-0.15, -0.1) is 0 Å². The largest absolute Gasteiger partial charge is 0.481 e. The van der Waals surface area contributed by atoms with E-state index in [4.69, 9.17) is 5.11 Å². The Morgan fingerprint density at radius 1 is 1.41 bits per heavy atom. The topological polar surface area (TPSA) is 86.7 Å². The first-order chi connectivity index (χ1) is 8.02. The number of carboxylic acid groups (broad SMARTS) is 1. The van der Waals surface area contributed by atoms with Crippen LogP contribution in [0.5, 0.6) is 0 Å². The normalized spacial score (nSPS) is 19.1. The maximum atomic E-state index is 11.8. The molecule has 1 saturated heterocycles.